The standard InChI is InChI=1S/C12H28N4.2ClHO4.Cu/c1-15-9-3-5-13-7-8-14-6-4-10-16(2)12-11-15;2*2-1(3,4)5;/h13-14H,3-12H2,1-2H3;2*(H,2,3,4,5);. The number of rotatable bonds is 0. The fourth-order valence-electron chi connectivity index (χ4n) is 1.94. The Morgan fingerprint density at radius 1 is 0.630 bits per heavy atom. The van der Waals surface area contributed by atoms with Crippen LogP contribution in [-0.4, -0.2) is 85.6 Å². The first-order chi connectivity index (χ1) is 11.8. The number of hydrogen-bond donors (Lipinski definition) is 4. The molecular weight excluding hydrogens is 463 g/mol. The topological polar surface area (TPSA) is 209 Å². The summed E-state index contributed by atoms with van der Waals surface area (Å²) in [6.07, 6.45) is 2.50. The van der Waals surface area contributed by atoms with Crippen LogP contribution in [0.1, 0.15) is 12.8 Å². The van der Waals surface area contributed by atoms with E-state index in [9.17, 15) is 0 Å². The molecule has 0 aromatic heterocycles. The summed E-state index contributed by atoms with van der Waals surface area (Å²) >= 11 is 0. The Hall–Kier alpha value is 0.619. The number of hydrogen-bond acceptors (Lipinski definition) is 12. The zero-order valence-electron chi connectivity index (χ0n) is 15.4. The van der Waals surface area contributed by atoms with E-state index in [4.69, 9.17) is 37.3 Å². The van der Waals surface area contributed by atoms with Gasteiger partial charge in [0.25, 0.3) is 0 Å². The summed E-state index contributed by atoms with van der Waals surface area (Å²) in [6.45, 7) is 9.25. The van der Waals surface area contributed by atoms with Gasteiger partial charge < -0.3 is 20.4 Å². The van der Waals surface area contributed by atoms with Crippen LogP contribution in [0.5, 0.6) is 0 Å². The molecule has 1 rings (SSSR count). The van der Waals surface area contributed by atoms with Crippen molar-refractivity contribution in [3.63, 3.8) is 0 Å². The normalized spacial score (nSPS) is 19.3. The van der Waals surface area contributed by atoms with E-state index in [-0.39, 0.29) is 17.1 Å². The molecule has 0 saturated carbocycles. The third-order valence-electron chi connectivity index (χ3n) is 3.13. The number of likely N-dealkylation sites (N-methyl/N-ethyl adjacent to an activating group) is 2. The van der Waals surface area contributed by atoms with Crippen LogP contribution in [0.15, 0.2) is 0 Å². The fourth-order valence-corrected chi connectivity index (χ4v) is 1.94. The van der Waals surface area contributed by atoms with E-state index >= 15 is 0 Å². The van der Waals surface area contributed by atoms with Crippen LogP contribution in [0.2, 0.25) is 0 Å². The van der Waals surface area contributed by atoms with Crippen molar-refractivity contribution in [2.75, 3.05) is 66.5 Å². The minimum atomic E-state index is -4.69. The van der Waals surface area contributed by atoms with Crippen molar-refractivity contribution in [2.45, 2.75) is 12.8 Å². The van der Waals surface area contributed by atoms with Crippen molar-refractivity contribution in [1.82, 2.24) is 20.4 Å². The molecule has 1 fully saturated rings. The molecule has 0 amide bonds. The van der Waals surface area contributed by atoms with Gasteiger partial charge in [-0.15, -0.1) is 0 Å². The molecule has 12 nitrogen and oxygen atoms in total. The number of nitrogens with one attached hydrogen (secondary N) is 2. The van der Waals surface area contributed by atoms with Gasteiger partial charge in [0.05, 0.1) is 29.8 Å². The van der Waals surface area contributed by atoms with Crippen molar-refractivity contribution in [1.29, 1.82) is 0 Å². The Balaban J connectivity index is -0.000000436. The van der Waals surface area contributed by atoms with E-state index in [0.29, 0.717) is 0 Å². The molecule has 0 aliphatic carbocycles. The second kappa shape index (κ2) is 18.6. The zero-order chi connectivity index (χ0) is 20.6. The molecule has 1 heterocycles. The number of nitrogens with zero attached hydrogens (tertiary/aromatic N) is 2. The molecule has 0 spiro atoms. The van der Waals surface area contributed by atoms with Crippen molar-refractivity contribution < 1.29 is 74.8 Å². The third-order valence-corrected chi connectivity index (χ3v) is 3.13. The van der Waals surface area contributed by atoms with Gasteiger partial charge in [-0.25, -0.2) is 0 Å². The van der Waals surface area contributed by atoms with Crippen LogP contribution in [0.25, 0.3) is 0 Å². The van der Waals surface area contributed by atoms with E-state index in [1.54, 1.807) is 0 Å². The van der Waals surface area contributed by atoms with Crippen LogP contribution < -0.4 is 38.6 Å². The third kappa shape index (κ3) is 46.5. The Bertz CT molecular complexity index is 285. The molecule has 0 atom stereocenters. The Morgan fingerprint density at radius 2 is 0.889 bits per heavy atom. The van der Waals surface area contributed by atoms with Crippen molar-refractivity contribution >= 4 is 0 Å². The smallest absolute Gasteiger partial charge is 0.0777 e. The van der Waals surface area contributed by atoms with Gasteiger partial charge in [-0.3, -0.25) is 0 Å². The van der Waals surface area contributed by atoms with Gasteiger partial charge >= 0.3 is 0 Å². The molecule has 1 radical (unpaired) electrons. The molecule has 171 valence electrons. The molecule has 15 heteroatoms. The molecule has 4 N–H and O–H groups in total. The van der Waals surface area contributed by atoms with Crippen molar-refractivity contribution in [2.24, 2.45) is 0 Å². The van der Waals surface area contributed by atoms with Crippen LogP contribution in [0, 0.1) is 20.5 Å². The Labute approximate surface area is 174 Å². The quantitative estimate of drug-likeness (QED) is 0.232. The minimum absolute atomic E-state index is 0. The molecule has 27 heavy (non-hydrogen) atoms. The van der Waals surface area contributed by atoms with Crippen molar-refractivity contribution in [3.05, 3.63) is 0 Å². The average molecular weight is 493 g/mol. The predicted molar refractivity (Wildman–Crippen MR) is 74.4 cm³/mol. The van der Waals surface area contributed by atoms with Crippen LogP contribution in [-0.2, 0) is 17.1 Å². The second-order valence-corrected chi connectivity index (χ2v) is 7.19. The maximum atomic E-state index is 8.60. The predicted octanol–water partition coefficient (Wildman–Crippen LogP) is -8.43. The first kappa shape index (κ1) is 32.3. The van der Waals surface area contributed by atoms with E-state index in [2.05, 4.69) is 34.5 Å². The van der Waals surface area contributed by atoms with Gasteiger partial charge in [0, 0.05) is 43.2 Å². The van der Waals surface area contributed by atoms with E-state index in [0.717, 1.165) is 26.2 Å². The Kier molecular flexibility index (Phi) is 22.3. The molecule has 0 aromatic carbocycles. The van der Waals surface area contributed by atoms with Crippen LogP contribution in [0.3, 0.4) is 0 Å². The summed E-state index contributed by atoms with van der Waals surface area (Å²) in [4.78, 5) is 4.87. The van der Waals surface area contributed by atoms with E-state index < -0.39 is 20.5 Å². The van der Waals surface area contributed by atoms with Gasteiger partial charge in [-0.05, 0) is 53.1 Å². The maximum absolute atomic E-state index is 8.60. The number of halogens is 2. The summed E-state index contributed by atoms with van der Waals surface area (Å²) in [5, 5.41) is 6.94. The summed E-state index contributed by atoms with van der Waals surface area (Å²) in [7, 11) is -4.94. The molecule has 1 aliphatic heterocycles. The first-order valence-corrected chi connectivity index (χ1v) is 10.4. The SMILES string of the molecule is CN1CCCNCCNCCCN(C)CC1.[Cu].[O-][Cl+3]([O-])([O-])O.[O-][Cl+3]([O-])([O-])O. The van der Waals surface area contributed by atoms with Gasteiger partial charge in [-0.1, -0.05) is 0 Å². The first-order valence-electron chi connectivity index (χ1n) is 7.84. The Morgan fingerprint density at radius 3 is 1.15 bits per heavy atom. The summed E-state index contributed by atoms with van der Waals surface area (Å²) in [5.41, 5.74) is 0. The van der Waals surface area contributed by atoms with Gasteiger partial charge in [0.2, 0.25) is 0 Å². The molecular formula is C12H30Cl2CuN4O8. The van der Waals surface area contributed by atoms with Gasteiger partial charge in [0.15, 0.2) is 0 Å². The van der Waals surface area contributed by atoms with Crippen LogP contribution >= 0.6 is 0 Å². The molecule has 1 saturated heterocycles. The molecule has 0 unspecified atom stereocenters. The van der Waals surface area contributed by atoms with Crippen LogP contribution in [0.4, 0.5) is 0 Å². The van der Waals surface area contributed by atoms with E-state index in [1.165, 1.54) is 39.0 Å². The average Bonchev–Trinajstić information content (AvgIpc) is 2.43. The molecule has 0 aromatic rings. The summed E-state index contributed by atoms with van der Waals surface area (Å²) < 4.78 is 65.4. The summed E-state index contributed by atoms with van der Waals surface area (Å²) in [5.74, 6) is 0. The maximum Gasteiger partial charge on any atom is 0.0777 e. The van der Waals surface area contributed by atoms with Crippen molar-refractivity contribution in [3.8, 4) is 0 Å². The molecule has 1 aliphatic rings. The molecule has 0 bridgehead atoms. The fraction of sp³-hybridized carbons (Fsp3) is 1.00. The van der Waals surface area contributed by atoms with E-state index in [1.807, 2.05) is 0 Å². The van der Waals surface area contributed by atoms with Gasteiger partial charge in [0.1, 0.15) is 0 Å². The second-order valence-electron chi connectivity index (χ2n) is 5.61. The largest absolute Gasteiger partial charge is 0.315 e. The zero-order valence-corrected chi connectivity index (χ0v) is 17.8. The van der Waals surface area contributed by atoms with Gasteiger partial charge in [-0.2, -0.15) is 28.0 Å². The monoisotopic (exact) mass is 491 g/mol. The summed E-state index contributed by atoms with van der Waals surface area (Å²) in [6, 6.07) is 0. The minimum Gasteiger partial charge on any atom is -0.315 e.